The average Bonchev–Trinajstić information content (AvgIpc) is 3.36. The molecule has 0 unspecified atom stereocenters. The number of rotatable bonds is 8. The molecule has 0 saturated carbocycles. The number of hydrogen-bond acceptors (Lipinski definition) is 14. The molecule has 14 nitrogen and oxygen atoms in total. The first kappa shape index (κ1) is 45.5. The molecule has 0 N–H and O–H groups in total. The van der Waals surface area contributed by atoms with Crippen molar-refractivity contribution in [2.24, 2.45) is 0 Å². The molecule has 14 heteroatoms. The van der Waals surface area contributed by atoms with Crippen LogP contribution in [0.15, 0.2) is 158 Å². The van der Waals surface area contributed by atoms with Gasteiger partial charge >= 0.3 is 23.9 Å². The SMILES string of the molecule is O=C(/C=C/c1ccccn1)c1cccc(N2CCOC(=O)c3ccccc3C(=O)OCCN(c3cccc(C(=O)/C=C/c4ccccn4)c3)CCOC(=O)c3ccccc3C(=O)OCC2)c1. The van der Waals surface area contributed by atoms with Crippen LogP contribution in [0.2, 0.25) is 0 Å². The van der Waals surface area contributed by atoms with Crippen molar-refractivity contribution in [2.75, 3.05) is 62.4 Å². The van der Waals surface area contributed by atoms with E-state index in [1.54, 1.807) is 131 Å². The summed E-state index contributed by atoms with van der Waals surface area (Å²) < 4.78 is 22.8. The van der Waals surface area contributed by atoms with Crippen LogP contribution in [0, 0.1) is 0 Å². The molecule has 0 atom stereocenters. The highest BCUT2D eigenvalue weighted by Crippen LogP contribution is 2.21. The summed E-state index contributed by atoms with van der Waals surface area (Å²) in [6.07, 6.45) is 9.33. The zero-order valence-electron chi connectivity index (χ0n) is 35.7. The quantitative estimate of drug-likeness (QED) is 0.0633. The molecule has 332 valence electrons. The van der Waals surface area contributed by atoms with E-state index in [9.17, 15) is 28.8 Å². The van der Waals surface area contributed by atoms with Gasteiger partial charge in [0.2, 0.25) is 0 Å². The first-order valence-electron chi connectivity index (χ1n) is 21.1. The first-order valence-corrected chi connectivity index (χ1v) is 21.1. The molecule has 0 spiro atoms. The molecule has 0 bridgehead atoms. The van der Waals surface area contributed by atoms with E-state index < -0.39 is 23.9 Å². The second-order valence-corrected chi connectivity index (χ2v) is 14.6. The highest BCUT2D eigenvalue weighted by atomic mass is 16.5. The summed E-state index contributed by atoms with van der Waals surface area (Å²) >= 11 is 0. The summed E-state index contributed by atoms with van der Waals surface area (Å²) in [5.41, 5.74) is 3.10. The molecule has 0 radical (unpaired) electrons. The van der Waals surface area contributed by atoms with Gasteiger partial charge in [-0.15, -0.1) is 0 Å². The van der Waals surface area contributed by atoms with Crippen molar-refractivity contribution in [3.63, 3.8) is 0 Å². The third-order valence-corrected chi connectivity index (χ3v) is 10.3. The monoisotopic (exact) mass is 884 g/mol. The number of ether oxygens (including phenoxy) is 4. The fourth-order valence-electron chi connectivity index (χ4n) is 6.90. The van der Waals surface area contributed by atoms with Crippen molar-refractivity contribution >= 4 is 59.0 Å². The lowest BCUT2D eigenvalue weighted by atomic mass is 10.1. The third kappa shape index (κ3) is 12.3. The van der Waals surface area contributed by atoms with Crippen LogP contribution in [0.5, 0.6) is 0 Å². The van der Waals surface area contributed by atoms with Crippen LogP contribution in [0.25, 0.3) is 12.2 Å². The number of esters is 4. The number of hydrogen-bond donors (Lipinski definition) is 0. The van der Waals surface area contributed by atoms with E-state index in [2.05, 4.69) is 9.97 Å². The Labute approximate surface area is 380 Å². The summed E-state index contributed by atoms with van der Waals surface area (Å²) in [5.74, 6) is -3.61. The lowest BCUT2D eigenvalue weighted by Crippen LogP contribution is -2.33. The molecule has 4 aromatic carbocycles. The average molecular weight is 885 g/mol. The maximum atomic E-state index is 13.6. The first-order chi connectivity index (χ1) is 32.2. The lowest BCUT2D eigenvalue weighted by molar-refractivity contribution is 0.0447. The fourth-order valence-corrected chi connectivity index (χ4v) is 6.90. The zero-order chi connectivity index (χ0) is 46.1. The number of carbonyl (C=O) groups is 6. The van der Waals surface area contributed by atoms with Gasteiger partial charge in [0.1, 0.15) is 26.4 Å². The van der Waals surface area contributed by atoms with Gasteiger partial charge in [0, 0.05) is 34.9 Å². The van der Waals surface area contributed by atoms with Crippen molar-refractivity contribution in [3.8, 4) is 0 Å². The maximum absolute atomic E-state index is 13.6. The minimum absolute atomic E-state index is 0.00943. The van der Waals surface area contributed by atoms with Crippen LogP contribution in [-0.4, -0.2) is 98.0 Å². The number of anilines is 2. The van der Waals surface area contributed by atoms with Crippen LogP contribution < -0.4 is 9.80 Å². The number of aromatic nitrogens is 2. The molecule has 1 aliphatic rings. The van der Waals surface area contributed by atoms with Gasteiger partial charge in [-0.05, 0) is 97.1 Å². The number of benzene rings is 4. The maximum Gasteiger partial charge on any atom is 0.339 e. The number of pyridine rings is 2. The molecule has 1 aliphatic heterocycles. The number of ketones is 2. The zero-order valence-corrected chi connectivity index (χ0v) is 35.7. The molecule has 0 saturated heterocycles. The summed E-state index contributed by atoms with van der Waals surface area (Å²) in [5, 5.41) is 0. The Morgan fingerprint density at radius 1 is 0.424 bits per heavy atom. The molecule has 0 amide bonds. The standard InChI is InChI=1S/C52H44N4O10/c57-47(23-21-39-13-5-7-25-53-39)37-11-9-15-41(35-37)55-27-31-63-49(59)43-17-1-2-18-44(43)50(60)64-32-28-56(30-34-66-52(62)46-20-4-3-19-45(46)51(61)65-33-29-55)42-16-10-12-38(36-42)48(58)24-22-40-14-6-8-26-54-40/h1-26,35-36H,27-34H2/b23-21+,24-22+. The number of nitrogens with zero attached hydrogens (tertiary/aromatic N) is 4. The molecular weight excluding hydrogens is 841 g/mol. The second kappa shape index (κ2) is 22.7. The number of carbonyl (C=O) groups excluding carboxylic acids is 6. The van der Waals surface area contributed by atoms with E-state index in [-0.39, 0.29) is 86.4 Å². The predicted octanol–water partition coefficient (Wildman–Crippen LogP) is 7.62. The molecule has 3 heterocycles. The molecule has 7 rings (SSSR count). The highest BCUT2D eigenvalue weighted by molar-refractivity contribution is 6.08. The molecule has 66 heavy (non-hydrogen) atoms. The lowest BCUT2D eigenvalue weighted by Gasteiger charge is -2.25. The van der Waals surface area contributed by atoms with E-state index in [0.29, 0.717) is 33.9 Å². The molecular formula is C52H44N4O10. The predicted molar refractivity (Wildman–Crippen MR) is 247 cm³/mol. The summed E-state index contributed by atoms with van der Waals surface area (Å²) in [6, 6.07) is 36.6. The van der Waals surface area contributed by atoms with Gasteiger partial charge < -0.3 is 28.7 Å². The largest absolute Gasteiger partial charge is 0.460 e. The van der Waals surface area contributed by atoms with E-state index in [1.807, 2.05) is 12.1 Å². The minimum Gasteiger partial charge on any atom is -0.460 e. The smallest absolute Gasteiger partial charge is 0.339 e. The molecule has 2 aromatic heterocycles. The van der Waals surface area contributed by atoms with Crippen LogP contribution >= 0.6 is 0 Å². The van der Waals surface area contributed by atoms with Crippen LogP contribution in [0.3, 0.4) is 0 Å². The van der Waals surface area contributed by atoms with Crippen molar-refractivity contribution in [1.29, 1.82) is 0 Å². The molecule has 0 aliphatic carbocycles. The number of fused-ring (bicyclic) bond motifs is 2. The van der Waals surface area contributed by atoms with Crippen LogP contribution in [0.1, 0.15) is 73.5 Å². The van der Waals surface area contributed by atoms with Crippen molar-refractivity contribution < 1.29 is 47.7 Å². The Morgan fingerprint density at radius 2 is 0.758 bits per heavy atom. The summed E-state index contributed by atoms with van der Waals surface area (Å²) in [4.78, 5) is 92.6. The van der Waals surface area contributed by atoms with Gasteiger partial charge in [-0.25, -0.2) is 19.2 Å². The third-order valence-electron chi connectivity index (χ3n) is 10.3. The topological polar surface area (TPSA) is 172 Å². The Bertz CT molecular complexity index is 2490. The summed E-state index contributed by atoms with van der Waals surface area (Å²) in [6.45, 7) is -0.217. The Morgan fingerprint density at radius 3 is 1.08 bits per heavy atom. The number of allylic oxidation sites excluding steroid dienone is 2. The van der Waals surface area contributed by atoms with Crippen molar-refractivity contribution in [3.05, 3.63) is 203 Å². The van der Waals surface area contributed by atoms with Gasteiger partial charge in [-0.3, -0.25) is 19.6 Å². The van der Waals surface area contributed by atoms with Gasteiger partial charge in [0.15, 0.2) is 11.6 Å². The van der Waals surface area contributed by atoms with Gasteiger partial charge in [0.05, 0.1) is 59.8 Å². The Hall–Kier alpha value is -8.52. The van der Waals surface area contributed by atoms with Gasteiger partial charge in [-0.2, -0.15) is 0 Å². The molecule has 0 fully saturated rings. The second-order valence-electron chi connectivity index (χ2n) is 14.6. The van der Waals surface area contributed by atoms with Crippen molar-refractivity contribution in [1.82, 2.24) is 9.97 Å². The van der Waals surface area contributed by atoms with Gasteiger partial charge in [0.25, 0.3) is 0 Å². The Kier molecular flexibility index (Phi) is 15.7. The molecule has 6 aromatic rings. The highest BCUT2D eigenvalue weighted by Gasteiger charge is 2.23. The fraction of sp³-hybridized carbons (Fsp3) is 0.154. The minimum atomic E-state index is -0.765. The number of cyclic esters (lactones) is 4. The van der Waals surface area contributed by atoms with E-state index in [4.69, 9.17) is 18.9 Å². The normalized spacial score (nSPS) is 14.7. The van der Waals surface area contributed by atoms with E-state index in [1.165, 1.54) is 36.4 Å². The van der Waals surface area contributed by atoms with E-state index in [0.717, 1.165) is 0 Å². The summed E-state index contributed by atoms with van der Waals surface area (Å²) in [7, 11) is 0. The van der Waals surface area contributed by atoms with Crippen molar-refractivity contribution in [2.45, 2.75) is 0 Å². The van der Waals surface area contributed by atoms with Crippen LogP contribution in [-0.2, 0) is 18.9 Å². The van der Waals surface area contributed by atoms with E-state index >= 15 is 0 Å². The van der Waals surface area contributed by atoms with Crippen LogP contribution in [0.4, 0.5) is 11.4 Å². The Balaban J connectivity index is 1.12. The van der Waals surface area contributed by atoms with Gasteiger partial charge in [-0.1, -0.05) is 60.7 Å².